The molecular formula is C14H8Cl4N2O3. The zero-order chi connectivity index (χ0) is 17.0. The van der Waals surface area contributed by atoms with Crippen LogP contribution in [0.15, 0.2) is 30.5 Å². The van der Waals surface area contributed by atoms with Crippen LogP contribution in [0, 0.1) is 0 Å². The number of amides is 1. The fourth-order valence-electron chi connectivity index (χ4n) is 1.55. The zero-order valence-electron chi connectivity index (χ0n) is 11.3. The van der Waals surface area contributed by atoms with Gasteiger partial charge in [0.1, 0.15) is 5.15 Å². The van der Waals surface area contributed by atoms with Crippen LogP contribution < -0.4 is 5.32 Å². The average molecular weight is 394 g/mol. The van der Waals surface area contributed by atoms with Crippen LogP contribution in [-0.2, 0) is 9.53 Å². The third kappa shape index (κ3) is 4.97. The number of carbonyl (C=O) groups excluding carboxylic acids is 2. The average Bonchev–Trinajstić information content (AvgIpc) is 2.49. The van der Waals surface area contributed by atoms with E-state index >= 15 is 0 Å². The molecule has 0 unspecified atom stereocenters. The van der Waals surface area contributed by atoms with Gasteiger partial charge in [0.25, 0.3) is 5.91 Å². The van der Waals surface area contributed by atoms with Crippen LogP contribution in [0.2, 0.25) is 20.2 Å². The first-order chi connectivity index (χ1) is 10.9. The van der Waals surface area contributed by atoms with Crippen molar-refractivity contribution in [2.45, 2.75) is 0 Å². The van der Waals surface area contributed by atoms with E-state index in [9.17, 15) is 9.59 Å². The summed E-state index contributed by atoms with van der Waals surface area (Å²) >= 11 is 23.3. The van der Waals surface area contributed by atoms with Crippen LogP contribution in [0.4, 0.5) is 5.69 Å². The molecular weight excluding hydrogens is 386 g/mol. The molecule has 0 saturated carbocycles. The minimum absolute atomic E-state index is 0.170. The highest BCUT2D eigenvalue weighted by Crippen LogP contribution is 2.33. The molecule has 2 aromatic rings. The van der Waals surface area contributed by atoms with Crippen molar-refractivity contribution in [1.82, 2.24) is 4.98 Å². The monoisotopic (exact) mass is 392 g/mol. The van der Waals surface area contributed by atoms with Crippen LogP contribution in [0.25, 0.3) is 0 Å². The Morgan fingerprint density at radius 1 is 1.09 bits per heavy atom. The second kappa shape index (κ2) is 7.84. The molecule has 0 aliphatic heterocycles. The Bertz CT molecular complexity index is 727. The maximum atomic E-state index is 11.8. The minimum Gasteiger partial charge on any atom is -0.452 e. The third-order valence-electron chi connectivity index (χ3n) is 2.57. The minimum atomic E-state index is -0.711. The Kier molecular flexibility index (Phi) is 6.07. The van der Waals surface area contributed by atoms with Crippen molar-refractivity contribution in [2.75, 3.05) is 11.9 Å². The largest absolute Gasteiger partial charge is 0.452 e. The van der Waals surface area contributed by atoms with Crippen LogP contribution in [0.1, 0.15) is 10.4 Å². The number of nitrogens with one attached hydrogen (secondary N) is 1. The van der Waals surface area contributed by atoms with Gasteiger partial charge in [0.2, 0.25) is 0 Å². The first kappa shape index (κ1) is 17.8. The van der Waals surface area contributed by atoms with E-state index in [1.54, 1.807) is 0 Å². The van der Waals surface area contributed by atoms with Crippen molar-refractivity contribution in [2.24, 2.45) is 0 Å². The number of pyridine rings is 1. The maximum absolute atomic E-state index is 11.8. The lowest BCUT2D eigenvalue weighted by Gasteiger charge is -2.10. The SMILES string of the molecule is O=C(COC(=O)c1ccc(Cl)nc1)Nc1c(Cl)cc(Cl)cc1Cl. The van der Waals surface area contributed by atoms with E-state index in [1.165, 1.54) is 30.5 Å². The lowest BCUT2D eigenvalue weighted by atomic mass is 10.3. The van der Waals surface area contributed by atoms with Gasteiger partial charge in [0.15, 0.2) is 6.61 Å². The molecule has 1 heterocycles. The van der Waals surface area contributed by atoms with Crippen molar-refractivity contribution in [3.63, 3.8) is 0 Å². The van der Waals surface area contributed by atoms with E-state index in [0.717, 1.165) is 0 Å². The topological polar surface area (TPSA) is 68.3 Å². The number of anilines is 1. The second-order valence-corrected chi connectivity index (χ2v) is 5.88. The molecule has 23 heavy (non-hydrogen) atoms. The first-order valence-electron chi connectivity index (χ1n) is 6.10. The molecule has 0 atom stereocenters. The normalized spacial score (nSPS) is 10.3. The van der Waals surface area contributed by atoms with Crippen LogP contribution in [0.3, 0.4) is 0 Å². The fourth-order valence-corrected chi connectivity index (χ4v) is 2.57. The summed E-state index contributed by atoms with van der Waals surface area (Å²) in [7, 11) is 0. The number of aromatic nitrogens is 1. The molecule has 0 spiro atoms. The van der Waals surface area contributed by atoms with Gasteiger partial charge in [-0.1, -0.05) is 46.4 Å². The molecule has 9 heteroatoms. The van der Waals surface area contributed by atoms with Crippen molar-refractivity contribution >= 4 is 64.0 Å². The lowest BCUT2D eigenvalue weighted by Crippen LogP contribution is -2.21. The molecule has 1 aromatic carbocycles. The summed E-state index contributed by atoms with van der Waals surface area (Å²) in [4.78, 5) is 27.3. The molecule has 2 rings (SSSR count). The number of nitrogens with zero attached hydrogens (tertiary/aromatic N) is 1. The Labute approximate surface area is 151 Å². The lowest BCUT2D eigenvalue weighted by molar-refractivity contribution is -0.119. The molecule has 0 radical (unpaired) electrons. The summed E-state index contributed by atoms with van der Waals surface area (Å²) in [6.07, 6.45) is 1.25. The Morgan fingerprint density at radius 2 is 1.74 bits per heavy atom. The Hall–Kier alpha value is -1.53. The van der Waals surface area contributed by atoms with Crippen molar-refractivity contribution in [1.29, 1.82) is 0 Å². The number of carbonyl (C=O) groups is 2. The summed E-state index contributed by atoms with van der Waals surface area (Å²) in [5, 5.41) is 3.36. The van der Waals surface area contributed by atoms with E-state index < -0.39 is 18.5 Å². The summed E-state index contributed by atoms with van der Waals surface area (Å²) in [5.74, 6) is -1.32. The molecule has 0 saturated heterocycles. The van der Waals surface area contributed by atoms with Gasteiger partial charge < -0.3 is 10.1 Å². The highest BCUT2D eigenvalue weighted by Gasteiger charge is 2.14. The standard InChI is InChI=1S/C14H8Cl4N2O3/c15-8-3-9(16)13(10(17)4-8)20-12(21)6-23-14(22)7-1-2-11(18)19-5-7/h1-5H,6H2,(H,20,21). The quantitative estimate of drug-likeness (QED) is 0.613. The number of benzene rings is 1. The maximum Gasteiger partial charge on any atom is 0.340 e. The number of esters is 1. The van der Waals surface area contributed by atoms with Crippen molar-refractivity contribution in [3.8, 4) is 0 Å². The molecule has 0 bridgehead atoms. The molecule has 1 N–H and O–H groups in total. The molecule has 0 aliphatic carbocycles. The molecule has 1 aromatic heterocycles. The van der Waals surface area contributed by atoms with Crippen LogP contribution in [-0.4, -0.2) is 23.5 Å². The highest BCUT2D eigenvalue weighted by molar-refractivity contribution is 6.42. The number of hydrogen-bond donors (Lipinski definition) is 1. The van der Waals surface area contributed by atoms with E-state index in [4.69, 9.17) is 51.1 Å². The van der Waals surface area contributed by atoms with Gasteiger partial charge in [-0.3, -0.25) is 4.79 Å². The van der Waals surface area contributed by atoms with Gasteiger partial charge in [-0.05, 0) is 24.3 Å². The van der Waals surface area contributed by atoms with Gasteiger partial charge in [-0.15, -0.1) is 0 Å². The molecule has 1 amide bonds. The Balaban J connectivity index is 1.95. The van der Waals surface area contributed by atoms with Gasteiger partial charge >= 0.3 is 5.97 Å². The van der Waals surface area contributed by atoms with Crippen molar-refractivity contribution in [3.05, 3.63) is 56.2 Å². The van der Waals surface area contributed by atoms with Crippen LogP contribution >= 0.6 is 46.4 Å². The van der Waals surface area contributed by atoms with E-state index in [1.807, 2.05) is 0 Å². The third-order valence-corrected chi connectivity index (χ3v) is 3.61. The number of ether oxygens (including phenoxy) is 1. The number of rotatable bonds is 4. The molecule has 120 valence electrons. The van der Waals surface area contributed by atoms with Crippen LogP contribution in [0.5, 0.6) is 0 Å². The first-order valence-corrected chi connectivity index (χ1v) is 7.61. The molecule has 5 nitrogen and oxygen atoms in total. The fraction of sp³-hybridized carbons (Fsp3) is 0.0714. The Morgan fingerprint density at radius 3 is 2.30 bits per heavy atom. The predicted octanol–water partition coefficient (Wildman–Crippen LogP) is 4.49. The summed E-state index contributed by atoms with van der Waals surface area (Å²) in [6, 6.07) is 5.72. The van der Waals surface area contributed by atoms with E-state index in [-0.39, 0.29) is 26.4 Å². The second-order valence-electron chi connectivity index (χ2n) is 4.24. The molecule has 0 aliphatic rings. The predicted molar refractivity (Wildman–Crippen MR) is 89.6 cm³/mol. The smallest absolute Gasteiger partial charge is 0.340 e. The van der Waals surface area contributed by atoms with Gasteiger partial charge in [-0.2, -0.15) is 0 Å². The van der Waals surface area contributed by atoms with Gasteiger partial charge in [0.05, 0.1) is 21.3 Å². The van der Waals surface area contributed by atoms with Crippen molar-refractivity contribution < 1.29 is 14.3 Å². The summed E-state index contributed by atoms with van der Waals surface area (Å²) in [6.45, 7) is -0.517. The van der Waals surface area contributed by atoms with E-state index in [0.29, 0.717) is 5.02 Å². The molecule has 0 fully saturated rings. The summed E-state index contributed by atoms with van der Waals surface area (Å²) < 4.78 is 4.86. The van der Waals surface area contributed by atoms with E-state index in [2.05, 4.69) is 10.3 Å². The van der Waals surface area contributed by atoms with Gasteiger partial charge in [-0.25, -0.2) is 9.78 Å². The zero-order valence-corrected chi connectivity index (χ0v) is 14.3. The number of hydrogen-bond acceptors (Lipinski definition) is 4. The highest BCUT2D eigenvalue weighted by atomic mass is 35.5. The number of halogens is 4. The summed E-state index contributed by atoms with van der Waals surface area (Å²) in [5.41, 5.74) is 0.358. The van der Waals surface area contributed by atoms with Gasteiger partial charge in [0, 0.05) is 11.2 Å².